The molecule has 0 fully saturated rings. The zero-order chi connectivity index (χ0) is 12.6. The first-order valence-electron chi connectivity index (χ1n) is 4.90. The molecule has 0 aromatic rings. The number of allylic oxidation sites excluding steroid dienone is 2. The fourth-order valence-corrected chi connectivity index (χ4v) is 2.78. The summed E-state index contributed by atoms with van der Waals surface area (Å²) in [4.78, 5) is 14.2. The third kappa shape index (κ3) is 2.13. The van der Waals surface area contributed by atoms with Crippen molar-refractivity contribution in [1.29, 1.82) is 0 Å². The molecular weight excluding hydrogens is 228 g/mol. The van der Waals surface area contributed by atoms with Crippen molar-refractivity contribution >= 4 is 21.3 Å². The topological polar surface area (TPSA) is 87.6 Å². The third-order valence-corrected chi connectivity index (χ3v) is 5.07. The summed E-state index contributed by atoms with van der Waals surface area (Å²) in [6.45, 7) is 4.78. The second-order valence-electron chi connectivity index (χ2n) is 4.63. The Morgan fingerprint density at radius 1 is 1.31 bits per heavy atom. The van der Waals surface area contributed by atoms with Gasteiger partial charge in [0, 0.05) is 12.5 Å². The second kappa shape index (κ2) is 3.96. The van der Waals surface area contributed by atoms with Crippen molar-refractivity contribution in [3.8, 4) is 0 Å². The Kier molecular flexibility index (Phi) is 3.17. The predicted octanol–water partition coefficient (Wildman–Crippen LogP) is 1.12. The van der Waals surface area contributed by atoms with E-state index in [1.807, 2.05) is 0 Å². The van der Waals surface area contributed by atoms with Crippen LogP contribution >= 0.6 is 0 Å². The maximum atomic E-state index is 12.1. The lowest BCUT2D eigenvalue weighted by molar-refractivity contribution is -0.117. The Labute approximate surface area is 94.7 Å². The molecule has 1 aliphatic rings. The molecule has 88 valence electrons. The van der Waals surface area contributed by atoms with Crippen LogP contribution < -0.4 is 0 Å². The number of ketones is 1. The van der Waals surface area contributed by atoms with Crippen LogP contribution in [-0.2, 0) is 14.6 Å². The summed E-state index contributed by atoms with van der Waals surface area (Å²) in [5, 5.41) is 0. The summed E-state index contributed by atoms with van der Waals surface area (Å²) in [6, 6.07) is 0. The molecule has 0 spiro atoms. The molecule has 6 heteroatoms. The normalized spacial score (nSPS) is 18.1. The molecule has 0 aromatic carbocycles. The number of rotatable bonds is 1. The van der Waals surface area contributed by atoms with Crippen LogP contribution in [0.25, 0.3) is 5.53 Å². The summed E-state index contributed by atoms with van der Waals surface area (Å²) in [5.74, 6) is -0.338. The summed E-state index contributed by atoms with van der Waals surface area (Å²) >= 11 is 0. The maximum Gasteiger partial charge on any atom is 0.358 e. The van der Waals surface area contributed by atoms with E-state index in [0.29, 0.717) is 0 Å². The molecule has 0 amide bonds. The Morgan fingerprint density at radius 3 is 2.31 bits per heavy atom. The van der Waals surface area contributed by atoms with Crippen molar-refractivity contribution in [2.75, 3.05) is 0 Å². The van der Waals surface area contributed by atoms with E-state index in [4.69, 9.17) is 5.53 Å². The molecule has 0 aliphatic heterocycles. The molecule has 0 saturated heterocycles. The minimum atomic E-state index is -3.45. The van der Waals surface area contributed by atoms with Gasteiger partial charge in [-0.3, -0.25) is 4.79 Å². The Bertz CT molecular complexity index is 503. The van der Waals surface area contributed by atoms with Gasteiger partial charge in [-0.1, -0.05) is 0 Å². The molecule has 0 heterocycles. The quantitative estimate of drug-likeness (QED) is 0.510. The summed E-state index contributed by atoms with van der Waals surface area (Å²) in [7, 11) is -3.45. The van der Waals surface area contributed by atoms with Crippen molar-refractivity contribution < 1.29 is 18.0 Å². The lowest BCUT2D eigenvalue weighted by Crippen LogP contribution is -2.32. The number of sulfone groups is 1. The van der Waals surface area contributed by atoms with Gasteiger partial charge in [-0.05, 0) is 27.2 Å². The molecule has 16 heavy (non-hydrogen) atoms. The first kappa shape index (κ1) is 12.8. The minimum absolute atomic E-state index is 0.0700. The van der Waals surface area contributed by atoms with Gasteiger partial charge in [-0.15, -0.1) is 0 Å². The smallest absolute Gasteiger partial charge is 0.358 e. The monoisotopic (exact) mass is 242 g/mol. The Balaban J connectivity index is 3.29. The number of Topliss-reactive ketones (excluding diaryl/α,β-unsaturated/α-hetero) is 1. The van der Waals surface area contributed by atoms with Gasteiger partial charge in [-0.2, -0.15) is 4.79 Å². The molecule has 0 N–H and O–H groups in total. The van der Waals surface area contributed by atoms with Crippen LogP contribution in [-0.4, -0.2) is 29.4 Å². The highest BCUT2D eigenvalue weighted by atomic mass is 32.2. The molecule has 0 radical (unpaired) electrons. The first-order chi connectivity index (χ1) is 7.20. The van der Waals surface area contributed by atoms with Crippen molar-refractivity contribution in [2.24, 2.45) is 0 Å². The van der Waals surface area contributed by atoms with Gasteiger partial charge in [-0.25, -0.2) is 8.42 Å². The second-order valence-corrected chi connectivity index (χ2v) is 7.39. The molecule has 1 aliphatic carbocycles. The number of hydrogen-bond acceptors (Lipinski definition) is 3. The highest BCUT2D eigenvalue weighted by molar-refractivity contribution is 7.96. The first-order valence-corrected chi connectivity index (χ1v) is 6.39. The maximum absolute atomic E-state index is 12.1. The van der Waals surface area contributed by atoms with Gasteiger partial charge >= 0.3 is 5.71 Å². The highest BCUT2D eigenvalue weighted by Gasteiger charge is 2.37. The van der Waals surface area contributed by atoms with Gasteiger partial charge in [0.1, 0.15) is 0 Å². The summed E-state index contributed by atoms with van der Waals surface area (Å²) in [6.07, 6.45) is 1.41. The number of carbonyl (C=O) groups excluding carboxylic acids is 1. The van der Waals surface area contributed by atoms with E-state index in [-0.39, 0.29) is 29.2 Å². The van der Waals surface area contributed by atoms with Gasteiger partial charge < -0.3 is 5.53 Å². The average Bonchev–Trinajstić information content (AvgIpc) is 2.16. The standard InChI is InChI=1S/C10H14N2O3S/c1-10(2,3)16(14,15)7-4-5-9(13)8(6-7)12-11/h6H,4-5H2,1-3H3. The van der Waals surface area contributed by atoms with Gasteiger partial charge in [0.05, 0.1) is 9.65 Å². The lowest BCUT2D eigenvalue weighted by Gasteiger charge is -2.22. The molecular formula is C10H14N2O3S. The molecule has 0 unspecified atom stereocenters. The zero-order valence-electron chi connectivity index (χ0n) is 9.52. The van der Waals surface area contributed by atoms with Crippen LogP contribution in [0, 0.1) is 0 Å². The molecule has 0 saturated carbocycles. The van der Waals surface area contributed by atoms with E-state index in [9.17, 15) is 13.2 Å². The third-order valence-electron chi connectivity index (χ3n) is 2.44. The van der Waals surface area contributed by atoms with Crippen molar-refractivity contribution in [3.63, 3.8) is 0 Å². The Morgan fingerprint density at radius 2 is 1.88 bits per heavy atom. The van der Waals surface area contributed by atoms with Gasteiger partial charge in [0.2, 0.25) is 5.78 Å². The number of carbonyl (C=O) groups is 1. The van der Waals surface area contributed by atoms with E-state index in [2.05, 4.69) is 4.79 Å². The largest absolute Gasteiger partial charge is 0.361 e. The van der Waals surface area contributed by atoms with E-state index < -0.39 is 14.6 Å². The SMILES string of the molecule is CC(C)(C)S(=O)(=O)C1=CC(=[N+]=[N-])C(=O)CC1. The van der Waals surface area contributed by atoms with Crippen molar-refractivity contribution in [1.82, 2.24) is 0 Å². The molecule has 0 aromatic heterocycles. The van der Waals surface area contributed by atoms with Crippen LogP contribution in [0.2, 0.25) is 0 Å². The molecule has 0 atom stereocenters. The predicted molar refractivity (Wildman–Crippen MR) is 59.6 cm³/mol. The molecule has 5 nitrogen and oxygen atoms in total. The summed E-state index contributed by atoms with van der Waals surface area (Å²) in [5.41, 5.74) is 8.39. The van der Waals surface area contributed by atoms with Crippen LogP contribution in [0.15, 0.2) is 11.0 Å². The minimum Gasteiger partial charge on any atom is -0.361 e. The van der Waals surface area contributed by atoms with Crippen LogP contribution in [0.1, 0.15) is 33.6 Å². The highest BCUT2D eigenvalue weighted by Crippen LogP contribution is 2.28. The molecule has 0 bridgehead atoms. The number of nitrogens with zero attached hydrogens (tertiary/aromatic N) is 2. The van der Waals surface area contributed by atoms with Gasteiger partial charge in [0.15, 0.2) is 9.84 Å². The van der Waals surface area contributed by atoms with Crippen molar-refractivity contribution in [2.45, 2.75) is 38.4 Å². The number of hydrogen-bond donors (Lipinski definition) is 0. The zero-order valence-corrected chi connectivity index (χ0v) is 10.3. The van der Waals surface area contributed by atoms with E-state index >= 15 is 0 Å². The fourth-order valence-electron chi connectivity index (χ4n) is 1.36. The Hall–Kier alpha value is -1.26. The average molecular weight is 242 g/mol. The van der Waals surface area contributed by atoms with E-state index in [1.54, 1.807) is 20.8 Å². The fraction of sp³-hybridized carbons (Fsp3) is 0.600. The lowest BCUT2D eigenvalue weighted by atomic mass is 10.0. The van der Waals surface area contributed by atoms with Crippen molar-refractivity contribution in [3.05, 3.63) is 16.5 Å². The van der Waals surface area contributed by atoms with Crippen LogP contribution in [0.3, 0.4) is 0 Å². The summed E-state index contributed by atoms with van der Waals surface area (Å²) < 4.78 is 23.2. The molecule has 1 rings (SSSR count). The van der Waals surface area contributed by atoms with Gasteiger partial charge in [0.25, 0.3) is 0 Å². The van der Waals surface area contributed by atoms with Crippen LogP contribution in [0.5, 0.6) is 0 Å². The van der Waals surface area contributed by atoms with Crippen LogP contribution in [0.4, 0.5) is 0 Å². The van der Waals surface area contributed by atoms with E-state index in [0.717, 1.165) is 6.08 Å². The van der Waals surface area contributed by atoms with E-state index in [1.165, 1.54) is 0 Å².